The number of ketones is 1. The molecule has 0 aliphatic carbocycles. The maximum absolute atomic E-state index is 12.3. The molecule has 0 spiro atoms. The van der Waals surface area contributed by atoms with Crippen LogP contribution in [-0.4, -0.2) is 37.2 Å². The fraction of sp³-hybridized carbons (Fsp3) is 0.182. The lowest BCUT2D eigenvalue weighted by Gasteiger charge is -2.26. The maximum atomic E-state index is 12.3. The van der Waals surface area contributed by atoms with Crippen LogP contribution >= 0.6 is 0 Å². The Bertz CT molecular complexity index is 1060. The van der Waals surface area contributed by atoms with Gasteiger partial charge in [-0.05, 0) is 56.3 Å². The molecule has 0 bridgehead atoms. The minimum absolute atomic E-state index is 0.0241. The molecule has 0 radical (unpaired) electrons. The fourth-order valence-corrected chi connectivity index (χ4v) is 2.81. The summed E-state index contributed by atoms with van der Waals surface area (Å²) >= 11 is 0. The van der Waals surface area contributed by atoms with Gasteiger partial charge in [0.15, 0.2) is 12.4 Å². The maximum Gasteiger partial charge on any atom is 0.264 e. The number of carbonyl (C=O) groups excluding carboxylic acids is 4. The number of Topliss-reactive ketones (excluding diaryl/α,β-unsaturated/α-hetero) is 1. The topological polar surface area (TPSA) is 105 Å². The van der Waals surface area contributed by atoms with Gasteiger partial charge in [-0.15, -0.1) is 0 Å². The molecule has 1 aliphatic heterocycles. The number of rotatable bonds is 5. The highest BCUT2D eigenvalue weighted by atomic mass is 16.5. The SMILES string of the molecule is CC(=O)c1ccc(NC(=O)/C(C)=C\C(=O)Nc2ccc3c(c2)N(C)C(=O)CO3)cc1. The smallest absolute Gasteiger partial charge is 0.264 e. The van der Waals surface area contributed by atoms with Crippen LogP contribution in [0.3, 0.4) is 0 Å². The molecule has 8 heteroatoms. The highest BCUT2D eigenvalue weighted by molar-refractivity contribution is 6.10. The number of ether oxygens (including phenoxy) is 1. The van der Waals surface area contributed by atoms with Crippen LogP contribution in [0.25, 0.3) is 0 Å². The van der Waals surface area contributed by atoms with E-state index in [1.54, 1.807) is 49.5 Å². The number of amides is 3. The normalized spacial score (nSPS) is 13.2. The van der Waals surface area contributed by atoms with Gasteiger partial charge in [-0.25, -0.2) is 0 Å². The van der Waals surface area contributed by atoms with Gasteiger partial charge in [-0.1, -0.05) is 0 Å². The molecule has 0 unspecified atom stereocenters. The minimum Gasteiger partial charge on any atom is -0.482 e. The average Bonchev–Trinajstić information content (AvgIpc) is 2.71. The molecular weight excluding hydrogens is 386 g/mol. The quantitative estimate of drug-likeness (QED) is 0.586. The molecule has 0 aromatic heterocycles. The Labute approximate surface area is 173 Å². The number of hydrogen-bond donors (Lipinski definition) is 2. The van der Waals surface area contributed by atoms with E-state index in [2.05, 4.69) is 10.6 Å². The molecule has 2 aromatic carbocycles. The molecule has 0 saturated carbocycles. The number of anilines is 3. The molecule has 154 valence electrons. The number of nitrogens with zero attached hydrogens (tertiary/aromatic N) is 1. The number of likely N-dealkylation sites (N-methyl/N-ethyl adjacent to an activating group) is 1. The molecule has 2 N–H and O–H groups in total. The van der Waals surface area contributed by atoms with E-state index in [0.717, 1.165) is 0 Å². The molecule has 0 atom stereocenters. The van der Waals surface area contributed by atoms with Crippen LogP contribution in [0.5, 0.6) is 5.75 Å². The summed E-state index contributed by atoms with van der Waals surface area (Å²) in [6, 6.07) is 11.4. The van der Waals surface area contributed by atoms with Crippen LogP contribution in [0.2, 0.25) is 0 Å². The van der Waals surface area contributed by atoms with Gasteiger partial charge in [0.05, 0.1) is 5.69 Å². The standard InChI is InChI=1S/C22H21N3O5/c1-13(22(29)24-16-6-4-15(5-7-16)14(2)26)10-20(27)23-17-8-9-19-18(11-17)25(3)21(28)12-30-19/h4-11H,12H2,1-3H3,(H,23,27)(H,24,29)/b13-10-. The Morgan fingerprint density at radius 2 is 1.67 bits per heavy atom. The summed E-state index contributed by atoms with van der Waals surface area (Å²) in [7, 11) is 1.63. The predicted molar refractivity (Wildman–Crippen MR) is 113 cm³/mol. The predicted octanol–water partition coefficient (Wildman–Crippen LogP) is 2.77. The third-order valence-corrected chi connectivity index (χ3v) is 4.57. The van der Waals surface area contributed by atoms with Crippen molar-refractivity contribution in [3.63, 3.8) is 0 Å². The molecule has 0 fully saturated rings. The van der Waals surface area contributed by atoms with Gasteiger partial charge >= 0.3 is 0 Å². The first-order valence-electron chi connectivity index (χ1n) is 9.19. The first-order chi connectivity index (χ1) is 14.2. The van der Waals surface area contributed by atoms with Gasteiger partial charge in [0, 0.05) is 35.6 Å². The zero-order chi connectivity index (χ0) is 21.8. The highest BCUT2D eigenvalue weighted by Crippen LogP contribution is 2.33. The lowest BCUT2D eigenvalue weighted by atomic mass is 10.1. The second-order valence-corrected chi connectivity index (χ2v) is 6.83. The number of nitrogens with one attached hydrogen (secondary N) is 2. The molecule has 8 nitrogen and oxygen atoms in total. The summed E-state index contributed by atoms with van der Waals surface area (Å²) in [5.41, 5.74) is 2.28. The van der Waals surface area contributed by atoms with Crippen LogP contribution in [0.1, 0.15) is 24.2 Å². The molecular formula is C22H21N3O5. The van der Waals surface area contributed by atoms with E-state index in [1.165, 1.54) is 24.8 Å². The summed E-state index contributed by atoms with van der Waals surface area (Å²) < 4.78 is 5.35. The van der Waals surface area contributed by atoms with Crippen LogP contribution in [0.4, 0.5) is 17.1 Å². The number of carbonyl (C=O) groups is 4. The molecule has 0 saturated heterocycles. The van der Waals surface area contributed by atoms with Gasteiger partial charge in [-0.2, -0.15) is 0 Å². The van der Waals surface area contributed by atoms with Crippen molar-refractivity contribution in [1.82, 2.24) is 0 Å². The van der Waals surface area contributed by atoms with E-state index in [4.69, 9.17) is 4.74 Å². The Morgan fingerprint density at radius 3 is 2.33 bits per heavy atom. The van der Waals surface area contributed by atoms with Crippen LogP contribution in [-0.2, 0) is 14.4 Å². The van der Waals surface area contributed by atoms with Gasteiger partial charge in [0.2, 0.25) is 5.91 Å². The van der Waals surface area contributed by atoms with E-state index in [9.17, 15) is 19.2 Å². The summed E-state index contributed by atoms with van der Waals surface area (Å²) in [5, 5.41) is 5.34. The van der Waals surface area contributed by atoms with Crippen molar-refractivity contribution >= 4 is 40.6 Å². The Balaban J connectivity index is 1.65. The van der Waals surface area contributed by atoms with E-state index in [-0.39, 0.29) is 23.9 Å². The fourth-order valence-electron chi connectivity index (χ4n) is 2.81. The third-order valence-electron chi connectivity index (χ3n) is 4.57. The second kappa shape index (κ2) is 8.60. The van der Waals surface area contributed by atoms with E-state index in [0.29, 0.717) is 28.4 Å². The lowest BCUT2D eigenvalue weighted by Crippen LogP contribution is -2.35. The van der Waals surface area contributed by atoms with Gasteiger partial charge in [0.25, 0.3) is 11.8 Å². The van der Waals surface area contributed by atoms with Crippen LogP contribution in [0, 0.1) is 0 Å². The molecule has 3 amide bonds. The number of benzene rings is 2. The van der Waals surface area contributed by atoms with Crippen molar-refractivity contribution in [3.05, 3.63) is 59.7 Å². The van der Waals surface area contributed by atoms with Crippen molar-refractivity contribution in [1.29, 1.82) is 0 Å². The third kappa shape index (κ3) is 4.72. The zero-order valence-corrected chi connectivity index (χ0v) is 16.8. The molecule has 1 aliphatic rings. The van der Waals surface area contributed by atoms with Gasteiger partial charge < -0.3 is 20.3 Å². The van der Waals surface area contributed by atoms with Crippen molar-refractivity contribution in [2.24, 2.45) is 0 Å². The van der Waals surface area contributed by atoms with Crippen molar-refractivity contribution in [2.45, 2.75) is 13.8 Å². The molecule has 2 aromatic rings. The van der Waals surface area contributed by atoms with E-state index < -0.39 is 11.8 Å². The largest absolute Gasteiger partial charge is 0.482 e. The Hall–Kier alpha value is -3.94. The van der Waals surface area contributed by atoms with Crippen LogP contribution in [0.15, 0.2) is 54.1 Å². The molecule has 30 heavy (non-hydrogen) atoms. The first kappa shape index (κ1) is 20.8. The van der Waals surface area contributed by atoms with Crippen molar-refractivity contribution in [2.75, 3.05) is 29.2 Å². The number of hydrogen-bond acceptors (Lipinski definition) is 5. The summed E-state index contributed by atoms with van der Waals surface area (Å²) in [5.74, 6) is -0.623. The van der Waals surface area contributed by atoms with E-state index >= 15 is 0 Å². The minimum atomic E-state index is -0.486. The monoisotopic (exact) mass is 407 g/mol. The average molecular weight is 407 g/mol. The van der Waals surface area contributed by atoms with Crippen molar-refractivity contribution in [3.8, 4) is 5.75 Å². The summed E-state index contributed by atoms with van der Waals surface area (Å²) in [4.78, 5) is 49.1. The van der Waals surface area contributed by atoms with Crippen LogP contribution < -0.4 is 20.3 Å². The molecule has 3 rings (SSSR count). The number of fused-ring (bicyclic) bond motifs is 1. The van der Waals surface area contributed by atoms with Crippen molar-refractivity contribution < 1.29 is 23.9 Å². The highest BCUT2D eigenvalue weighted by Gasteiger charge is 2.22. The Kier molecular flexibility index (Phi) is 5.96. The second-order valence-electron chi connectivity index (χ2n) is 6.83. The zero-order valence-electron chi connectivity index (χ0n) is 16.8. The van der Waals surface area contributed by atoms with Gasteiger partial charge in [-0.3, -0.25) is 19.2 Å². The summed E-state index contributed by atoms with van der Waals surface area (Å²) in [6.45, 7) is 2.96. The Morgan fingerprint density at radius 1 is 1.00 bits per heavy atom. The van der Waals surface area contributed by atoms with Gasteiger partial charge in [0.1, 0.15) is 5.75 Å². The first-order valence-corrected chi connectivity index (χ1v) is 9.19. The molecule has 1 heterocycles. The lowest BCUT2D eigenvalue weighted by molar-refractivity contribution is -0.121. The summed E-state index contributed by atoms with van der Waals surface area (Å²) in [6.07, 6.45) is 1.18. The van der Waals surface area contributed by atoms with E-state index in [1.807, 2.05) is 0 Å².